The van der Waals surface area contributed by atoms with Crippen LogP contribution in [0.15, 0.2) is 34.8 Å². The number of aryl methyl sites for hydroxylation is 3. The van der Waals surface area contributed by atoms with Crippen LogP contribution in [0, 0.1) is 20.8 Å². The van der Waals surface area contributed by atoms with E-state index in [1.54, 1.807) is 0 Å². The highest BCUT2D eigenvalue weighted by atomic mass is 79.9. The summed E-state index contributed by atoms with van der Waals surface area (Å²) in [7, 11) is 0. The van der Waals surface area contributed by atoms with Crippen molar-refractivity contribution in [1.82, 2.24) is 4.98 Å². The van der Waals surface area contributed by atoms with Crippen LogP contribution < -0.4 is 4.74 Å². The lowest BCUT2D eigenvalue weighted by atomic mass is 10.0. The number of hydrogen-bond acceptors (Lipinski definition) is 3. The Morgan fingerprint density at radius 1 is 1.11 bits per heavy atom. The lowest BCUT2D eigenvalue weighted by Crippen LogP contribution is -2.09. The molecule has 5 heteroatoms. The van der Waals surface area contributed by atoms with Gasteiger partial charge in [0.15, 0.2) is 0 Å². The molecular formula is C23H26BrNO3. The van der Waals surface area contributed by atoms with Crippen molar-refractivity contribution in [2.24, 2.45) is 0 Å². The fourth-order valence-corrected chi connectivity index (χ4v) is 3.91. The van der Waals surface area contributed by atoms with Crippen LogP contribution in [0.4, 0.5) is 0 Å². The Labute approximate surface area is 174 Å². The summed E-state index contributed by atoms with van der Waals surface area (Å²) in [5.41, 5.74) is 6.00. The van der Waals surface area contributed by atoms with Crippen LogP contribution in [0.2, 0.25) is 0 Å². The normalized spacial score (nSPS) is 11.0. The van der Waals surface area contributed by atoms with Gasteiger partial charge in [-0.3, -0.25) is 0 Å². The first-order valence-corrected chi connectivity index (χ1v) is 10.4. The van der Waals surface area contributed by atoms with Gasteiger partial charge in [0.1, 0.15) is 11.4 Å². The standard InChI is InChI=1S/C23H26BrNO3/c1-5-27-23(26)21-18(17-8-6-10-19(24)20(17)25-21)9-7-13-28-22-15(3)12-11-14(2)16(22)4/h6,8,10-12,25H,5,7,9,13H2,1-4H3. The van der Waals surface area contributed by atoms with Gasteiger partial charge in [0, 0.05) is 9.86 Å². The Kier molecular flexibility index (Phi) is 6.45. The molecule has 148 valence electrons. The molecule has 0 aliphatic rings. The average molecular weight is 444 g/mol. The number of fused-ring (bicyclic) bond motifs is 1. The number of hydrogen-bond donors (Lipinski definition) is 1. The van der Waals surface area contributed by atoms with E-state index in [0.29, 0.717) is 18.9 Å². The second-order valence-electron chi connectivity index (χ2n) is 6.97. The fraction of sp³-hybridized carbons (Fsp3) is 0.348. The van der Waals surface area contributed by atoms with Gasteiger partial charge in [0.2, 0.25) is 0 Å². The molecule has 0 radical (unpaired) electrons. The number of rotatable bonds is 7. The third-order valence-electron chi connectivity index (χ3n) is 5.06. The van der Waals surface area contributed by atoms with E-state index in [1.165, 1.54) is 11.1 Å². The Morgan fingerprint density at radius 3 is 2.61 bits per heavy atom. The third kappa shape index (κ3) is 4.09. The number of benzene rings is 2. The van der Waals surface area contributed by atoms with E-state index in [-0.39, 0.29) is 5.97 Å². The van der Waals surface area contributed by atoms with Gasteiger partial charge < -0.3 is 14.5 Å². The summed E-state index contributed by atoms with van der Waals surface area (Å²) in [5, 5.41) is 1.04. The summed E-state index contributed by atoms with van der Waals surface area (Å²) in [6, 6.07) is 10.2. The van der Waals surface area contributed by atoms with Gasteiger partial charge in [0.25, 0.3) is 0 Å². The molecule has 3 rings (SSSR count). The highest BCUT2D eigenvalue weighted by Gasteiger charge is 2.19. The van der Waals surface area contributed by atoms with Gasteiger partial charge in [-0.1, -0.05) is 24.3 Å². The number of aromatic nitrogens is 1. The maximum Gasteiger partial charge on any atom is 0.355 e. The van der Waals surface area contributed by atoms with Crippen LogP contribution in [-0.4, -0.2) is 24.2 Å². The molecule has 0 saturated carbocycles. The van der Waals surface area contributed by atoms with Crippen LogP contribution in [0.5, 0.6) is 5.75 Å². The summed E-state index contributed by atoms with van der Waals surface area (Å²) in [5.74, 6) is 0.652. The highest BCUT2D eigenvalue weighted by molar-refractivity contribution is 9.10. The summed E-state index contributed by atoms with van der Waals surface area (Å²) in [6.45, 7) is 9.01. The number of esters is 1. The molecule has 4 nitrogen and oxygen atoms in total. The van der Waals surface area contributed by atoms with Crippen LogP contribution in [0.1, 0.15) is 46.1 Å². The molecule has 0 amide bonds. The topological polar surface area (TPSA) is 51.3 Å². The minimum absolute atomic E-state index is 0.313. The summed E-state index contributed by atoms with van der Waals surface area (Å²) < 4.78 is 12.3. The zero-order chi connectivity index (χ0) is 20.3. The van der Waals surface area contributed by atoms with E-state index in [0.717, 1.165) is 45.1 Å². The lowest BCUT2D eigenvalue weighted by Gasteiger charge is -2.14. The number of aromatic amines is 1. The second kappa shape index (κ2) is 8.82. The number of carbonyl (C=O) groups excluding carboxylic acids is 1. The quantitative estimate of drug-likeness (QED) is 0.357. The minimum Gasteiger partial charge on any atom is -0.493 e. The molecule has 1 heterocycles. The van der Waals surface area contributed by atoms with E-state index in [1.807, 2.05) is 25.1 Å². The predicted octanol–water partition coefficient (Wildman–Crippen LogP) is 6.04. The first kappa shape index (κ1) is 20.5. The molecule has 28 heavy (non-hydrogen) atoms. The van der Waals surface area contributed by atoms with Gasteiger partial charge in [0.05, 0.1) is 18.7 Å². The van der Waals surface area contributed by atoms with E-state index < -0.39 is 0 Å². The molecule has 1 N–H and O–H groups in total. The van der Waals surface area contributed by atoms with Crippen molar-refractivity contribution in [3.05, 3.63) is 62.8 Å². The van der Waals surface area contributed by atoms with Crippen LogP contribution in [-0.2, 0) is 11.2 Å². The monoisotopic (exact) mass is 443 g/mol. The molecule has 0 aliphatic carbocycles. The van der Waals surface area contributed by atoms with Crippen molar-refractivity contribution >= 4 is 32.8 Å². The van der Waals surface area contributed by atoms with E-state index in [4.69, 9.17) is 9.47 Å². The molecular weight excluding hydrogens is 418 g/mol. The minimum atomic E-state index is -0.313. The van der Waals surface area contributed by atoms with Crippen LogP contribution in [0.25, 0.3) is 10.9 Å². The molecule has 1 aromatic heterocycles. The van der Waals surface area contributed by atoms with Crippen molar-refractivity contribution in [2.75, 3.05) is 13.2 Å². The molecule has 3 aromatic rings. The molecule has 2 aromatic carbocycles. The largest absolute Gasteiger partial charge is 0.493 e. The van der Waals surface area contributed by atoms with Gasteiger partial charge in [-0.2, -0.15) is 0 Å². The summed E-state index contributed by atoms with van der Waals surface area (Å²) in [4.78, 5) is 15.7. The Hall–Kier alpha value is -2.27. The number of ether oxygens (including phenoxy) is 2. The summed E-state index contributed by atoms with van der Waals surface area (Å²) >= 11 is 3.56. The number of carbonyl (C=O) groups is 1. The first-order chi connectivity index (χ1) is 13.4. The van der Waals surface area contributed by atoms with Crippen molar-refractivity contribution < 1.29 is 14.3 Å². The Morgan fingerprint density at radius 2 is 1.86 bits per heavy atom. The molecule has 0 saturated heterocycles. The number of H-pyrrole nitrogens is 1. The van der Waals surface area contributed by atoms with Crippen molar-refractivity contribution in [2.45, 2.75) is 40.5 Å². The number of para-hydroxylation sites is 1. The fourth-order valence-electron chi connectivity index (χ4n) is 3.45. The second-order valence-corrected chi connectivity index (χ2v) is 7.82. The first-order valence-electron chi connectivity index (χ1n) is 9.59. The average Bonchev–Trinajstić information content (AvgIpc) is 3.05. The van der Waals surface area contributed by atoms with E-state index in [2.05, 4.69) is 53.8 Å². The Balaban J connectivity index is 1.79. The number of nitrogens with one attached hydrogen (secondary N) is 1. The van der Waals surface area contributed by atoms with Gasteiger partial charge in [-0.05, 0) is 84.8 Å². The number of halogens is 1. The summed E-state index contributed by atoms with van der Waals surface area (Å²) in [6.07, 6.45) is 1.53. The highest BCUT2D eigenvalue weighted by Crippen LogP contribution is 2.30. The van der Waals surface area contributed by atoms with Crippen molar-refractivity contribution in [3.63, 3.8) is 0 Å². The van der Waals surface area contributed by atoms with Crippen LogP contribution >= 0.6 is 15.9 Å². The van der Waals surface area contributed by atoms with Crippen LogP contribution in [0.3, 0.4) is 0 Å². The molecule has 0 unspecified atom stereocenters. The molecule has 0 atom stereocenters. The lowest BCUT2D eigenvalue weighted by molar-refractivity contribution is 0.0519. The maximum absolute atomic E-state index is 12.4. The predicted molar refractivity (Wildman–Crippen MR) is 116 cm³/mol. The van der Waals surface area contributed by atoms with Gasteiger partial charge in [-0.25, -0.2) is 4.79 Å². The van der Waals surface area contributed by atoms with Crippen molar-refractivity contribution in [1.29, 1.82) is 0 Å². The molecule has 0 fully saturated rings. The molecule has 0 aliphatic heterocycles. The zero-order valence-electron chi connectivity index (χ0n) is 16.8. The molecule has 0 bridgehead atoms. The zero-order valence-corrected chi connectivity index (χ0v) is 18.4. The Bertz CT molecular complexity index is 1010. The smallest absolute Gasteiger partial charge is 0.355 e. The SMILES string of the molecule is CCOC(=O)c1[nH]c2c(Br)cccc2c1CCCOc1c(C)ccc(C)c1C. The van der Waals surface area contributed by atoms with Gasteiger partial charge >= 0.3 is 5.97 Å². The third-order valence-corrected chi connectivity index (χ3v) is 5.72. The van der Waals surface area contributed by atoms with E-state index >= 15 is 0 Å². The molecule has 0 spiro atoms. The van der Waals surface area contributed by atoms with Gasteiger partial charge in [-0.15, -0.1) is 0 Å². The van der Waals surface area contributed by atoms with E-state index in [9.17, 15) is 4.79 Å². The maximum atomic E-state index is 12.4. The van der Waals surface area contributed by atoms with Crippen molar-refractivity contribution in [3.8, 4) is 5.75 Å².